The van der Waals surface area contributed by atoms with Crippen LogP contribution in [0.4, 0.5) is 24.5 Å². The summed E-state index contributed by atoms with van der Waals surface area (Å²) >= 11 is 0. The SMILES string of the molecule is CCCCNc1ccc(C(F)(F)F)cc1NC(=O)CNC. The summed E-state index contributed by atoms with van der Waals surface area (Å²) in [5.41, 5.74) is -0.162. The second-order valence-electron chi connectivity index (χ2n) is 4.62. The Hall–Kier alpha value is -1.76. The van der Waals surface area contributed by atoms with Crippen molar-refractivity contribution >= 4 is 17.3 Å². The molecular formula is C14H20F3N3O. The van der Waals surface area contributed by atoms with E-state index in [0.717, 1.165) is 25.0 Å². The molecule has 0 aliphatic rings. The molecular weight excluding hydrogens is 283 g/mol. The molecule has 7 heteroatoms. The van der Waals surface area contributed by atoms with E-state index in [4.69, 9.17) is 0 Å². The van der Waals surface area contributed by atoms with E-state index in [-0.39, 0.29) is 12.2 Å². The van der Waals surface area contributed by atoms with Crippen LogP contribution in [0, 0.1) is 0 Å². The van der Waals surface area contributed by atoms with Crippen molar-refractivity contribution in [3.05, 3.63) is 23.8 Å². The van der Waals surface area contributed by atoms with Crippen LogP contribution < -0.4 is 16.0 Å². The molecule has 0 fully saturated rings. The Morgan fingerprint density at radius 2 is 1.95 bits per heavy atom. The van der Waals surface area contributed by atoms with Gasteiger partial charge in [0.25, 0.3) is 0 Å². The molecule has 0 saturated heterocycles. The molecule has 1 aromatic carbocycles. The second-order valence-corrected chi connectivity index (χ2v) is 4.62. The molecule has 1 aromatic rings. The van der Waals surface area contributed by atoms with Gasteiger partial charge in [-0.05, 0) is 31.7 Å². The number of carbonyl (C=O) groups is 1. The number of hydrogen-bond donors (Lipinski definition) is 3. The number of alkyl halides is 3. The Labute approximate surface area is 122 Å². The van der Waals surface area contributed by atoms with Crippen molar-refractivity contribution in [1.82, 2.24) is 5.32 Å². The lowest BCUT2D eigenvalue weighted by atomic mass is 10.1. The fourth-order valence-electron chi connectivity index (χ4n) is 1.73. The van der Waals surface area contributed by atoms with Crippen molar-refractivity contribution in [3.63, 3.8) is 0 Å². The quantitative estimate of drug-likeness (QED) is 0.679. The maximum absolute atomic E-state index is 12.7. The summed E-state index contributed by atoms with van der Waals surface area (Å²) in [5.74, 6) is -0.393. The number of hydrogen-bond acceptors (Lipinski definition) is 3. The third-order valence-corrected chi connectivity index (χ3v) is 2.80. The van der Waals surface area contributed by atoms with Gasteiger partial charge in [-0.3, -0.25) is 4.79 Å². The highest BCUT2D eigenvalue weighted by Gasteiger charge is 2.31. The molecule has 0 atom stereocenters. The monoisotopic (exact) mass is 303 g/mol. The van der Waals surface area contributed by atoms with Gasteiger partial charge in [-0.1, -0.05) is 13.3 Å². The van der Waals surface area contributed by atoms with Crippen molar-refractivity contribution in [2.75, 3.05) is 30.8 Å². The molecule has 118 valence electrons. The molecule has 0 unspecified atom stereocenters. The molecule has 0 saturated carbocycles. The van der Waals surface area contributed by atoms with Crippen molar-refractivity contribution < 1.29 is 18.0 Å². The molecule has 0 heterocycles. The lowest BCUT2D eigenvalue weighted by molar-refractivity contribution is -0.137. The van der Waals surface area contributed by atoms with Crippen molar-refractivity contribution in [2.45, 2.75) is 25.9 Å². The molecule has 0 radical (unpaired) electrons. The first kappa shape index (κ1) is 17.3. The maximum atomic E-state index is 12.7. The smallest absolute Gasteiger partial charge is 0.383 e. The zero-order valence-electron chi connectivity index (χ0n) is 12.1. The number of benzene rings is 1. The number of halogens is 3. The minimum Gasteiger partial charge on any atom is -0.383 e. The molecule has 0 aliphatic carbocycles. The number of nitrogens with one attached hydrogen (secondary N) is 3. The molecule has 3 N–H and O–H groups in total. The number of amides is 1. The Bertz CT molecular complexity index is 475. The third-order valence-electron chi connectivity index (χ3n) is 2.80. The van der Waals surface area contributed by atoms with Crippen molar-refractivity contribution in [2.24, 2.45) is 0 Å². The summed E-state index contributed by atoms with van der Waals surface area (Å²) in [6, 6.07) is 3.29. The first-order valence-corrected chi connectivity index (χ1v) is 6.78. The van der Waals surface area contributed by atoms with E-state index in [1.165, 1.54) is 6.07 Å². The third kappa shape index (κ3) is 5.63. The topological polar surface area (TPSA) is 53.2 Å². The lowest BCUT2D eigenvalue weighted by Crippen LogP contribution is -2.25. The molecule has 4 nitrogen and oxygen atoms in total. The number of carbonyl (C=O) groups excluding carboxylic acids is 1. The highest BCUT2D eigenvalue weighted by atomic mass is 19.4. The van der Waals surface area contributed by atoms with Gasteiger partial charge in [-0.15, -0.1) is 0 Å². The van der Waals surface area contributed by atoms with E-state index in [1.54, 1.807) is 7.05 Å². The summed E-state index contributed by atoms with van der Waals surface area (Å²) in [7, 11) is 1.59. The van der Waals surface area contributed by atoms with Crippen LogP contribution in [0.25, 0.3) is 0 Å². The second kappa shape index (κ2) is 7.87. The van der Waals surface area contributed by atoms with E-state index in [0.29, 0.717) is 12.2 Å². The van der Waals surface area contributed by atoms with Gasteiger partial charge in [0.15, 0.2) is 0 Å². The summed E-state index contributed by atoms with van der Waals surface area (Å²) < 4.78 is 38.2. The van der Waals surface area contributed by atoms with Gasteiger partial charge in [0.1, 0.15) is 0 Å². The van der Waals surface area contributed by atoms with E-state index in [2.05, 4.69) is 16.0 Å². The van der Waals surface area contributed by atoms with E-state index >= 15 is 0 Å². The van der Waals surface area contributed by atoms with Crippen LogP contribution in [0.1, 0.15) is 25.3 Å². The molecule has 1 rings (SSSR count). The Morgan fingerprint density at radius 1 is 1.24 bits per heavy atom. The molecule has 1 amide bonds. The minimum absolute atomic E-state index is 0.0324. The van der Waals surface area contributed by atoms with Crippen LogP contribution in [0.15, 0.2) is 18.2 Å². The van der Waals surface area contributed by atoms with Crippen LogP contribution in [0.2, 0.25) is 0 Å². The minimum atomic E-state index is -4.44. The van der Waals surface area contributed by atoms with Crippen LogP contribution >= 0.6 is 0 Å². The Balaban J connectivity index is 2.97. The summed E-state index contributed by atoms with van der Waals surface area (Å²) in [4.78, 5) is 11.6. The molecule has 21 heavy (non-hydrogen) atoms. The first-order chi connectivity index (χ1) is 9.88. The summed E-state index contributed by atoms with van der Waals surface area (Å²) in [5, 5.41) is 8.17. The highest BCUT2D eigenvalue weighted by molar-refractivity contribution is 5.95. The van der Waals surface area contributed by atoms with Gasteiger partial charge < -0.3 is 16.0 Å². The van der Waals surface area contributed by atoms with Gasteiger partial charge in [-0.25, -0.2) is 0 Å². The molecule has 0 bridgehead atoms. The highest BCUT2D eigenvalue weighted by Crippen LogP contribution is 2.34. The van der Waals surface area contributed by atoms with Crippen LogP contribution in [0.3, 0.4) is 0 Å². The van der Waals surface area contributed by atoms with E-state index in [9.17, 15) is 18.0 Å². The van der Waals surface area contributed by atoms with Gasteiger partial charge in [0.2, 0.25) is 5.91 Å². The van der Waals surface area contributed by atoms with Gasteiger partial charge in [0.05, 0.1) is 23.5 Å². The fraction of sp³-hybridized carbons (Fsp3) is 0.500. The van der Waals surface area contributed by atoms with E-state index in [1.807, 2.05) is 6.92 Å². The molecule has 0 spiro atoms. The summed E-state index contributed by atoms with van der Waals surface area (Å²) in [6.45, 7) is 2.69. The van der Waals surface area contributed by atoms with Gasteiger partial charge >= 0.3 is 6.18 Å². The van der Waals surface area contributed by atoms with Crippen molar-refractivity contribution in [3.8, 4) is 0 Å². The first-order valence-electron chi connectivity index (χ1n) is 6.78. The standard InChI is InChI=1S/C14H20F3N3O/c1-3-4-7-19-11-6-5-10(14(15,16)17)8-12(11)20-13(21)9-18-2/h5-6,8,18-19H,3-4,7,9H2,1-2H3,(H,20,21). The average Bonchev–Trinajstić information content (AvgIpc) is 2.39. The normalized spacial score (nSPS) is 11.3. The molecule has 0 aliphatic heterocycles. The zero-order valence-corrected chi connectivity index (χ0v) is 12.1. The largest absolute Gasteiger partial charge is 0.416 e. The average molecular weight is 303 g/mol. The van der Waals surface area contributed by atoms with Crippen LogP contribution in [0.5, 0.6) is 0 Å². The maximum Gasteiger partial charge on any atom is 0.416 e. The number of anilines is 2. The lowest BCUT2D eigenvalue weighted by Gasteiger charge is -2.16. The predicted molar refractivity (Wildman–Crippen MR) is 77.4 cm³/mol. The summed E-state index contributed by atoms with van der Waals surface area (Å²) in [6.07, 6.45) is -2.58. The Kier molecular flexibility index (Phi) is 6.48. The van der Waals surface area contributed by atoms with Gasteiger partial charge in [0, 0.05) is 6.54 Å². The zero-order chi connectivity index (χ0) is 15.9. The van der Waals surface area contributed by atoms with Crippen LogP contribution in [-0.4, -0.2) is 26.0 Å². The fourth-order valence-corrected chi connectivity index (χ4v) is 1.73. The van der Waals surface area contributed by atoms with Crippen LogP contribution in [-0.2, 0) is 11.0 Å². The predicted octanol–water partition coefficient (Wildman–Crippen LogP) is 3.08. The number of likely N-dealkylation sites (N-methyl/N-ethyl adjacent to an activating group) is 1. The van der Waals surface area contributed by atoms with Crippen molar-refractivity contribution in [1.29, 1.82) is 0 Å². The molecule has 0 aromatic heterocycles. The van der Waals surface area contributed by atoms with Gasteiger partial charge in [-0.2, -0.15) is 13.2 Å². The van der Waals surface area contributed by atoms with E-state index < -0.39 is 17.6 Å². The number of rotatable bonds is 7. The Morgan fingerprint density at radius 3 is 2.52 bits per heavy atom. The number of unbranched alkanes of at least 4 members (excludes halogenated alkanes) is 1.